The monoisotopic (exact) mass is 422 g/mol. The molecule has 2 saturated carbocycles. The second-order valence-electron chi connectivity index (χ2n) is 8.06. The smallest absolute Gasteiger partial charge is 0.426 e. The third-order valence-corrected chi connectivity index (χ3v) is 5.70. The van der Waals surface area contributed by atoms with Crippen LogP contribution in [0.2, 0.25) is 0 Å². The minimum Gasteiger partial charge on any atom is -0.469 e. The van der Waals surface area contributed by atoms with E-state index in [0.717, 1.165) is 6.42 Å². The van der Waals surface area contributed by atoms with Crippen LogP contribution in [-0.2, 0) is 9.53 Å². The molecule has 9 heteroatoms. The van der Waals surface area contributed by atoms with E-state index < -0.39 is 24.4 Å². The van der Waals surface area contributed by atoms with Crippen molar-refractivity contribution >= 4 is 5.97 Å². The molecule has 2 fully saturated rings. The highest BCUT2D eigenvalue weighted by atomic mass is 19.4. The number of rotatable bonds is 3. The van der Waals surface area contributed by atoms with Crippen LogP contribution in [0.4, 0.5) is 26.3 Å². The largest absolute Gasteiger partial charge is 0.469 e. The highest BCUT2D eigenvalue weighted by Gasteiger charge is 2.69. The molecule has 0 saturated heterocycles. The lowest BCUT2D eigenvalue weighted by Gasteiger charge is -2.30. The molecule has 1 N–H and O–H groups in total. The normalized spacial score (nSPS) is 22.0. The number of halogens is 6. The molecule has 0 amide bonds. The van der Waals surface area contributed by atoms with Crippen molar-refractivity contribution in [3.05, 3.63) is 0 Å². The van der Waals surface area contributed by atoms with E-state index in [2.05, 4.69) is 4.74 Å². The predicted molar refractivity (Wildman–Crippen MR) is 93.5 cm³/mol. The van der Waals surface area contributed by atoms with Crippen LogP contribution in [0.5, 0.6) is 0 Å². The summed E-state index contributed by atoms with van der Waals surface area (Å²) < 4.78 is 74.4. The lowest BCUT2D eigenvalue weighted by molar-refractivity contribution is -0.368. The van der Waals surface area contributed by atoms with Gasteiger partial charge in [-0.15, -0.1) is 0 Å². The van der Waals surface area contributed by atoms with Crippen molar-refractivity contribution in [2.45, 2.75) is 90.6 Å². The van der Waals surface area contributed by atoms with E-state index in [-0.39, 0.29) is 11.4 Å². The van der Waals surface area contributed by atoms with Crippen molar-refractivity contribution in [1.82, 2.24) is 0 Å². The molecule has 0 aromatic carbocycles. The third kappa shape index (κ3) is 7.12. The molecule has 168 valence electrons. The topological polar surface area (TPSA) is 46.5 Å². The lowest BCUT2D eigenvalue weighted by Crippen LogP contribution is -2.56. The molecule has 0 aromatic rings. The Morgan fingerprint density at radius 2 is 1.25 bits per heavy atom. The van der Waals surface area contributed by atoms with E-state index >= 15 is 0 Å². The number of ether oxygens (including phenoxy) is 1. The van der Waals surface area contributed by atoms with Crippen LogP contribution in [0, 0.1) is 17.3 Å². The highest BCUT2D eigenvalue weighted by Crippen LogP contribution is 2.45. The minimum atomic E-state index is -5.68. The number of alkyl halides is 6. The van der Waals surface area contributed by atoms with Gasteiger partial charge >= 0.3 is 18.3 Å². The van der Waals surface area contributed by atoms with Crippen LogP contribution < -0.4 is 0 Å². The van der Waals surface area contributed by atoms with Gasteiger partial charge in [0.15, 0.2) is 0 Å². The van der Waals surface area contributed by atoms with Gasteiger partial charge in [-0.05, 0) is 44.9 Å². The Kier molecular flexibility index (Phi) is 9.80. The molecule has 3 nitrogen and oxygen atoms in total. The first kappa shape index (κ1) is 27.0. The number of aliphatic hydroxyl groups is 1. The number of carbonyl (C=O) groups is 1. The zero-order valence-corrected chi connectivity index (χ0v) is 17.1. The Hall–Kier alpha value is -0.990. The molecule has 28 heavy (non-hydrogen) atoms. The Labute approximate surface area is 162 Å². The van der Waals surface area contributed by atoms with Gasteiger partial charge in [0.1, 0.15) is 0 Å². The van der Waals surface area contributed by atoms with Gasteiger partial charge in [0, 0.05) is 0 Å². The van der Waals surface area contributed by atoms with E-state index in [1.165, 1.54) is 18.9 Å². The number of hydrogen-bond donors (Lipinski definition) is 1. The Morgan fingerprint density at radius 3 is 1.32 bits per heavy atom. The number of esters is 1. The van der Waals surface area contributed by atoms with Crippen molar-refractivity contribution < 1.29 is 41.0 Å². The summed E-state index contributed by atoms with van der Waals surface area (Å²) >= 11 is 0. The summed E-state index contributed by atoms with van der Waals surface area (Å²) in [4.78, 5) is 10.8. The van der Waals surface area contributed by atoms with Gasteiger partial charge in [-0.3, -0.25) is 4.79 Å². The van der Waals surface area contributed by atoms with Gasteiger partial charge in [0.25, 0.3) is 5.60 Å². The molecule has 0 radical (unpaired) electrons. The van der Waals surface area contributed by atoms with Gasteiger partial charge in [-0.1, -0.05) is 39.5 Å². The van der Waals surface area contributed by atoms with Gasteiger partial charge in [0.2, 0.25) is 0 Å². The van der Waals surface area contributed by atoms with Crippen molar-refractivity contribution in [3.8, 4) is 0 Å². The SMILES string of the molecule is C1CC2CCC1C2.CCC(C)(C)C(=O)OC.CCC(O)(C(F)(F)F)C(F)(F)F. The molecule has 2 rings (SSSR count). The molecular weight excluding hydrogens is 390 g/mol. The molecule has 0 unspecified atom stereocenters. The average Bonchev–Trinajstić information content (AvgIpc) is 3.25. The van der Waals surface area contributed by atoms with Gasteiger partial charge in [-0.2, -0.15) is 26.3 Å². The molecule has 0 atom stereocenters. The van der Waals surface area contributed by atoms with Crippen LogP contribution >= 0.6 is 0 Å². The molecule has 0 heterocycles. The fraction of sp³-hybridized carbons (Fsp3) is 0.947. The second-order valence-corrected chi connectivity index (χ2v) is 8.06. The van der Waals surface area contributed by atoms with E-state index in [9.17, 15) is 31.1 Å². The fourth-order valence-corrected chi connectivity index (χ4v) is 3.16. The Balaban J connectivity index is 0.000000402. The van der Waals surface area contributed by atoms with Crippen LogP contribution in [0.15, 0.2) is 0 Å². The molecular formula is C19H32F6O3. The van der Waals surface area contributed by atoms with E-state index in [1.54, 1.807) is 32.1 Å². The molecule has 0 aromatic heterocycles. The quantitative estimate of drug-likeness (QED) is 0.445. The second kappa shape index (κ2) is 10.2. The number of carbonyl (C=O) groups excluding carboxylic acids is 1. The van der Waals surface area contributed by atoms with Gasteiger partial charge in [-0.25, -0.2) is 0 Å². The van der Waals surface area contributed by atoms with E-state index in [0.29, 0.717) is 6.92 Å². The summed E-state index contributed by atoms with van der Waals surface area (Å²) in [6.07, 6.45) is -4.16. The summed E-state index contributed by atoms with van der Waals surface area (Å²) in [5, 5.41) is 8.24. The maximum atomic E-state index is 11.6. The van der Waals surface area contributed by atoms with Crippen molar-refractivity contribution in [2.24, 2.45) is 17.3 Å². The molecule has 0 aliphatic heterocycles. The first-order valence-corrected chi connectivity index (χ1v) is 9.49. The first-order chi connectivity index (χ1) is 12.6. The van der Waals surface area contributed by atoms with E-state index in [1.807, 2.05) is 20.8 Å². The molecule has 0 spiro atoms. The summed E-state index contributed by atoms with van der Waals surface area (Å²) in [5.41, 5.74) is -4.89. The zero-order valence-electron chi connectivity index (χ0n) is 17.1. The Bertz CT molecular complexity index is 453. The van der Waals surface area contributed by atoms with Crippen LogP contribution in [0.3, 0.4) is 0 Å². The summed E-state index contributed by atoms with van der Waals surface area (Å²) in [6, 6.07) is 0. The van der Waals surface area contributed by atoms with Crippen molar-refractivity contribution in [1.29, 1.82) is 0 Å². The first-order valence-electron chi connectivity index (χ1n) is 9.49. The summed E-state index contributed by atoms with van der Waals surface area (Å²) in [5.74, 6) is 2.21. The zero-order chi connectivity index (χ0) is 22.4. The van der Waals surface area contributed by atoms with Crippen LogP contribution in [-0.4, -0.2) is 36.1 Å². The van der Waals surface area contributed by atoms with Gasteiger partial charge in [0.05, 0.1) is 12.5 Å². The third-order valence-electron chi connectivity index (χ3n) is 5.70. The Morgan fingerprint density at radius 1 is 0.893 bits per heavy atom. The van der Waals surface area contributed by atoms with Crippen LogP contribution in [0.1, 0.15) is 72.6 Å². The van der Waals surface area contributed by atoms with Crippen LogP contribution in [0.25, 0.3) is 0 Å². The maximum absolute atomic E-state index is 11.6. The summed E-state index contributed by atoms with van der Waals surface area (Å²) in [6.45, 7) is 6.33. The highest BCUT2D eigenvalue weighted by molar-refractivity contribution is 5.75. The lowest BCUT2D eigenvalue weighted by atomic mass is 9.91. The predicted octanol–water partition coefficient (Wildman–Crippen LogP) is 6.04. The molecule has 2 bridgehead atoms. The number of methoxy groups -OCH3 is 1. The summed E-state index contributed by atoms with van der Waals surface area (Å²) in [7, 11) is 1.42. The van der Waals surface area contributed by atoms with Crippen molar-refractivity contribution in [3.63, 3.8) is 0 Å². The van der Waals surface area contributed by atoms with Crippen molar-refractivity contribution in [2.75, 3.05) is 7.11 Å². The molecule has 2 aliphatic carbocycles. The maximum Gasteiger partial charge on any atom is 0.426 e. The number of fused-ring (bicyclic) bond motifs is 2. The molecule has 2 aliphatic rings. The fourth-order valence-electron chi connectivity index (χ4n) is 3.16. The number of hydrogen-bond acceptors (Lipinski definition) is 3. The van der Waals surface area contributed by atoms with Gasteiger partial charge < -0.3 is 9.84 Å². The standard InChI is InChI=1S/C7H14O2.C7H12.C5H6F6O/c1-5-7(2,3)6(8)9-4;1-2-7-4-3-6(1)5-7;1-2-3(12,4(6,7)8)5(9,10)11/h5H2,1-4H3;6-7H,1-5H2;12H,2H2,1H3. The van der Waals surface area contributed by atoms with E-state index in [4.69, 9.17) is 5.11 Å². The minimum absolute atomic E-state index is 0.134. The average molecular weight is 422 g/mol.